The van der Waals surface area contributed by atoms with Crippen molar-refractivity contribution >= 4 is 11.9 Å². The Bertz CT molecular complexity index is 1150. The van der Waals surface area contributed by atoms with Crippen LogP contribution in [0.15, 0.2) is 72.9 Å². The Morgan fingerprint density at radius 1 is 0.484 bits per heavy atom. The molecule has 0 saturated carbocycles. The molecule has 3 N–H and O–H groups in total. The van der Waals surface area contributed by atoms with Crippen LogP contribution in [-0.4, -0.2) is 46.9 Å². The Balaban J connectivity index is 4.70. The number of rotatable bonds is 46. The molecule has 0 bridgehead atoms. The highest BCUT2D eigenvalue weighted by Gasteiger charge is 2.24. The Kier molecular flexibility index (Phi) is 47.2. The van der Waals surface area contributed by atoms with Crippen molar-refractivity contribution < 1.29 is 24.5 Å². The first-order valence-electron chi connectivity index (χ1n) is 26.2. The first-order valence-corrected chi connectivity index (χ1v) is 26.2. The zero-order chi connectivity index (χ0) is 45.2. The molecular formula is C56H99NO5. The van der Waals surface area contributed by atoms with Crippen LogP contribution in [0.25, 0.3) is 0 Å². The van der Waals surface area contributed by atoms with Crippen LogP contribution in [0.2, 0.25) is 0 Å². The minimum atomic E-state index is -0.808. The first-order chi connectivity index (χ1) is 30.5. The summed E-state index contributed by atoms with van der Waals surface area (Å²) in [5.41, 5.74) is 0. The summed E-state index contributed by atoms with van der Waals surface area (Å²) >= 11 is 0. The molecule has 0 rings (SSSR count). The van der Waals surface area contributed by atoms with Gasteiger partial charge in [-0.2, -0.15) is 0 Å². The van der Waals surface area contributed by atoms with Crippen LogP contribution in [0.3, 0.4) is 0 Å². The van der Waals surface area contributed by atoms with Gasteiger partial charge in [-0.25, -0.2) is 0 Å². The maximum Gasteiger partial charge on any atom is 0.306 e. The SMILES string of the molecule is CC\C=C/C=C/C=C/C=C\C=C\C=C\CCCC(CC(=O)NC(CO)C(O)CCCCCCCCCCCCCC)OC(=O)CCCCCCCCCCCCCCCCCC. The van der Waals surface area contributed by atoms with E-state index >= 15 is 0 Å². The molecule has 1 amide bonds. The molecule has 6 nitrogen and oxygen atoms in total. The highest BCUT2D eigenvalue weighted by Crippen LogP contribution is 2.17. The van der Waals surface area contributed by atoms with Crippen molar-refractivity contribution in [2.24, 2.45) is 0 Å². The summed E-state index contributed by atoms with van der Waals surface area (Å²) in [7, 11) is 0. The Hall–Kier alpha value is -2.70. The molecule has 0 fully saturated rings. The van der Waals surface area contributed by atoms with E-state index in [9.17, 15) is 19.8 Å². The molecule has 3 unspecified atom stereocenters. The highest BCUT2D eigenvalue weighted by molar-refractivity contribution is 5.77. The number of carbonyl (C=O) groups excluding carboxylic acids is 2. The molecule has 3 atom stereocenters. The normalized spacial score (nSPS) is 13.8. The standard InChI is InChI=1S/C56H99NO5/c1-4-7-10-13-16-19-22-25-27-29-31-34-37-40-43-46-49-56(61)62-52(47-44-41-38-35-32-30-28-26-23-20-17-14-11-8-5-2)50-55(60)57-53(51-58)54(59)48-45-42-39-36-33-24-21-18-15-12-9-6-3/h8,11,14,17,20,23,26,28,30,32,35,38,52-54,58-59H,4-7,9-10,12-13,15-16,18-19,21-22,24-25,27,29,31,33-34,36-37,39-51H2,1-3H3,(H,57,60)/b11-8-,17-14+,23-20+,28-26-,32-30+,38-35+. The highest BCUT2D eigenvalue weighted by atomic mass is 16.5. The van der Waals surface area contributed by atoms with Gasteiger partial charge in [-0.15, -0.1) is 0 Å². The number of hydrogen-bond donors (Lipinski definition) is 3. The number of nitrogens with one attached hydrogen (secondary N) is 1. The van der Waals surface area contributed by atoms with Gasteiger partial charge in [0.15, 0.2) is 0 Å². The molecule has 0 saturated heterocycles. The quantitative estimate of drug-likeness (QED) is 0.0322. The van der Waals surface area contributed by atoms with Gasteiger partial charge in [0.1, 0.15) is 6.10 Å². The van der Waals surface area contributed by atoms with E-state index in [1.807, 2.05) is 60.8 Å². The number of hydrogen-bond acceptors (Lipinski definition) is 5. The molecule has 0 aliphatic rings. The molecule has 358 valence electrons. The molecule has 62 heavy (non-hydrogen) atoms. The zero-order valence-corrected chi connectivity index (χ0v) is 40.7. The van der Waals surface area contributed by atoms with Crippen molar-refractivity contribution in [3.63, 3.8) is 0 Å². The van der Waals surface area contributed by atoms with Gasteiger partial charge in [-0.3, -0.25) is 9.59 Å². The van der Waals surface area contributed by atoms with E-state index in [0.29, 0.717) is 19.3 Å². The summed E-state index contributed by atoms with van der Waals surface area (Å²) in [6, 6.07) is -0.727. The van der Waals surface area contributed by atoms with Crippen molar-refractivity contribution in [3.8, 4) is 0 Å². The smallest absolute Gasteiger partial charge is 0.306 e. The van der Waals surface area contributed by atoms with E-state index in [0.717, 1.165) is 57.8 Å². The predicted molar refractivity (Wildman–Crippen MR) is 268 cm³/mol. The molecule has 0 heterocycles. The second-order valence-electron chi connectivity index (χ2n) is 17.7. The minimum absolute atomic E-state index is 0.0263. The van der Waals surface area contributed by atoms with Crippen LogP contribution >= 0.6 is 0 Å². The van der Waals surface area contributed by atoms with Gasteiger partial charge in [0.2, 0.25) is 5.91 Å². The van der Waals surface area contributed by atoms with Gasteiger partial charge in [0.05, 0.1) is 25.2 Å². The second-order valence-corrected chi connectivity index (χ2v) is 17.7. The van der Waals surface area contributed by atoms with Crippen LogP contribution in [0.5, 0.6) is 0 Å². The van der Waals surface area contributed by atoms with Gasteiger partial charge < -0.3 is 20.3 Å². The third kappa shape index (κ3) is 43.9. The number of unbranched alkanes of at least 4 members (excludes halogenated alkanes) is 27. The number of aliphatic hydroxyl groups is 2. The number of allylic oxidation sites excluding steroid dienone is 12. The average molecular weight is 866 g/mol. The Labute approximate surface area is 383 Å². The Morgan fingerprint density at radius 3 is 1.29 bits per heavy atom. The van der Waals surface area contributed by atoms with Gasteiger partial charge in [-0.05, 0) is 38.5 Å². The number of carbonyl (C=O) groups is 2. The maximum atomic E-state index is 13.2. The van der Waals surface area contributed by atoms with Crippen molar-refractivity contribution in [1.82, 2.24) is 5.32 Å². The van der Waals surface area contributed by atoms with E-state index in [1.54, 1.807) is 0 Å². The fraction of sp³-hybridized carbons (Fsp3) is 0.750. The number of aliphatic hydroxyl groups excluding tert-OH is 2. The maximum absolute atomic E-state index is 13.2. The summed E-state index contributed by atoms with van der Waals surface area (Å²) in [6.45, 7) is 6.32. The summed E-state index contributed by atoms with van der Waals surface area (Å²) < 4.78 is 5.90. The molecule has 0 aliphatic carbocycles. The number of esters is 1. The van der Waals surface area contributed by atoms with Crippen LogP contribution in [-0.2, 0) is 14.3 Å². The van der Waals surface area contributed by atoms with E-state index < -0.39 is 18.2 Å². The lowest BCUT2D eigenvalue weighted by Crippen LogP contribution is -2.46. The molecule has 0 radical (unpaired) electrons. The largest absolute Gasteiger partial charge is 0.462 e. The molecular weight excluding hydrogens is 767 g/mol. The van der Waals surface area contributed by atoms with E-state index in [-0.39, 0.29) is 24.9 Å². The number of amides is 1. The summed E-state index contributed by atoms with van der Waals surface area (Å²) in [6.07, 6.45) is 62.5. The zero-order valence-electron chi connectivity index (χ0n) is 40.7. The van der Waals surface area contributed by atoms with Gasteiger partial charge in [0, 0.05) is 6.42 Å². The fourth-order valence-corrected chi connectivity index (χ4v) is 7.76. The monoisotopic (exact) mass is 866 g/mol. The molecule has 0 aliphatic heterocycles. The summed E-state index contributed by atoms with van der Waals surface area (Å²) in [5, 5.41) is 23.7. The summed E-state index contributed by atoms with van der Waals surface area (Å²) in [5.74, 6) is -0.545. The molecule has 0 aromatic heterocycles. The third-order valence-electron chi connectivity index (χ3n) is 11.7. The van der Waals surface area contributed by atoms with Crippen molar-refractivity contribution in [2.75, 3.05) is 6.61 Å². The van der Waals surface area contributed by atoms with Crippen LogP contribution in [0.4, 0.5) is 0 Å². The first kappa shape index (κ1) is 59.3. The van der Waals surface area contributed by atoms with Gasteiger partial charge >= 0.3 is 5.97 Å². The van der Waals surface area contributed by atoms with Crippen LogP contribution in [0, 0.1) is 0 Å². The second kappa shape index (κ2) is 49.3. The lowest BCUT2D eigenvalue weighted by atomic mass is 10.0. The lowest BCUT2D eigenvalue weighted by molar-refractivity contribution is -0.151. The van der Waals surface area contributed by atoms with Crippen molar-refractivity contribution in [2.45, 2.75) is 264 Å². The lowest BCUT2D eigenvalue weighted by Gasteiger charge is -2.24. The van der Waals surface area contributed by atoms with E-state index in [1.165, 1.54) is 141 Å². The molecule has 0 spiro atoms. The van der Waals surface area contributed by atoms with Crippen LogP contribution < -0.4 is 5.32 Å². The number of ether oxygens (including phenoxy) is 1. The Morgan fingerprint density at radius 2 is 0.871 bits per heavy atom. The fourth-order valence-electron chi connectivity index (χ4n) is 7.76. The third-order valence-corrected chi connectivity index (χ3v) is 11.7. The molecule has 0 aromatic carbocycles. The average Bonchev–Trinajstić information content (AvgIpc) is 3.26. The minimum Gasteiger partial charge on any atom is -0.462 e. The molecule has 6 heteroatoms. The predicted octanol–water partition coefficient (Wildman–Crippen LogP) is 15.8. The van der Waals surface area contributed by atoms with Crippen LogP contribution in [0.1, 0.15) is 245 Å². The topological polar surface area (TPSA) is 95.9 Å². The van der Waals surface area contributed by atoms with Crippen molar-refractivity contribution in [1.29, 1.82) is 0 Å². The van der Waals surface area contributed by atoms with Crippen molar-refractivity contribution in [3.05, 3.63) is 72.9 Å². The van der Waals surface area contributed by atoms with Gasteiger partial charge in [0.25, 0.3) is 0 Å². The van der Waals surface area contributed by atoms with Gasteiger partial charge in [-0.1, -0.05) is 267 Å². The molecule has 0 aromatic rings. The summed E-state index contributed by atoms with van der Waals surface area (Å²) in [4.78, 5) is 26.1. The van der Waals surface area contributed by atoms with E-state index in [4.69, 9.17) is 4.74 Å². The van der Waals surface area contributed by atoms with E-state index in [2.05, 4.69) is 38.2 Å².